The number of fused-ring (bicyclic) bond motifs is 1. The lowest BCUT2D eigenvalue weighted by Gasteiger charge is -2.16. The Kier molecular flexibility index (Phi) is 23.5. The molecule has 7 heterocycles. The number of carbonyl (C=O) groups is 2. The van der Waals surface area contributed by atoms with E-state index in [1.54, 1.807) is 0 Å². The lowest BCUT2D eigenvalue weighted by Crippen LogP contribution is -2.31. The fourth-order valence-corrected chi connectivity index (χ4v) is 12.8. The molecular formula is C72H72F9N15O6. The van der Waals surface area contributed by atoms with Gasteiger partial charge in [0.25, 0.3) is 22.6 Å². The maximum atomic E-state index is 13.6. The van der Waals surface area contributed by atoms with Crippen LogP contribution in [0.1, 0.15) is 121 Å². The predicted octanol–water partition coefficient (Wildman–Crippen LogP) is 11.0. The van der Waals surface area contributed by atoms with E-state index in [1.165, 1.54) is 63.8 Å². The van der Waals surface area contributed by atoms with Crippen molar-refractivity contribution in [1.82, 2.24) is 70.0 Å². The minimum absolute atomic E-state index is 0.00272. The number of rotatable bonds is 15. The standard InChI is InChI=1S/C24H24F3N5O2.C24H22F3N5O.C16H21N5O.C8H5F3O2/c1-15-12-32(13-16-7-3-2-4-8-16)14-18(15)21-29-23(34)20(30-31-21)11-28-22(33)17-9-5-6-10-19(17)24(25,26)27;1-15-12-31(13-16-7-3-2-4-8-16)14-18(15)21-29-23(33)20-11-28-22(32(20)30-21)17-9-5-6-10-19(17)24(25,26)27;1-11-8-21(9-12-5-3-2-4-6-12)10-13(11)15-18-16(22)14(7-17)19-20-15;9-8(10,11)6-4-2-1-3-5(6)7(12)13/h2-10,15,18H,11-14H2,1H3,(H,28,33)(H,29,31,34);2-11,15,18H,12-14H2,1H3,(H,29,30,33);2-6,11,13H,7-10,17H2,1H3,(H,18,20,22);1-4H,(H,12,13). The number of carbonyl (C=O) groups excluding carboxylic acids is 1. The largest absolute Gasteiger partial charge is 0.478 e. The smallest absolute Gasteiger partial charge is 0.417 e. The van der Waals surface area contributed by atoms with Crippen LogP contribution in [0.25, 0.3) is 16.9 Å². The number of aromatic amines is 3. The van der Waals surface area contributed by atoms with Gasteiger partial charge in [-0.15, -0.1) is 20.4 Å². The number of aromatic nitrogens is 10. The van der Waals surface area contributed by atoms with Crippen LogP contribution in [0.2, 0.25) is 0 Å². The van der Waals surface area contributed by atoms with E-state index in [-0.39, 0.29) is 76.5 Å². The number of hydrogen-bond acceptors (Lipinski definition) is 15. The predicted molar refractivity (Wildman–Crippen MR) is 359 cm³/mol. The number of carboxylic acid groups (broad SMARTS) is 1. The van der Waals surface area contributed by atoms with E-state index in [0.717, 1.165) is 82.2 Å². The summed E-state index contributed by atoms with van der Waals surface area (Å²) in [6.45, 7) is 13.6. The third kappa shape index (κ3) is 18.5. The number of nitrogens with one attached hydrogen (secondary N) is 4. The summed E-state index contributed by atoms with van der Waals surface area (Å²) in [5.74, 6) is 0.0966. The fraction of sp³-hybridized carbons (Fsp3) is 0.319. The van der Waals surface area contributed by atoms with Crippen molar-refractivity contribution in [2.75, 3.05) is 39.3 Å². The second kappa shape index (κ2) is 32.4. The van der Waals surface area contributed by atoms with Gasteiger partial charge in [-0.3, -0.25) is 33.9 Å². The van der Waals surface area contributed by atoms with E-state index < -0.39 is 69.3 Å². The van der Waals surface area contributed by atoms with Crippen LogP contribution >= 0.6 is 0 Å². The van der Waals surface area contributed by atoms with Gasteiger partial charge in [0.1, 0.15) is 28.9 Å². The Morgan fingerprint density at radius 3 is 1.29 bits per heavy atom. The van der Waals surface area contributed by atoms with Crippen LogP contribution in [-0.4, -0.2) is 121 Å². The number of halogens is 9. The van der Waals surface area contributed by atoms with Crippen LogP contribution < -0.4 is 27.7 Å². The Morgan fingerprint density at radius 2 is 0.873 bits per heavy atom. The molecule has 13 rings (SSSR count). The topological polar surface area (TPSA) is 282 Å². The number of aromatic carboxylic acids is 1. The Labute approximate surface area is 577 Å². The molecule has 4 aromatic heterocycles. The minimum atomic E-state index is -4.67. The molecule has 0 radical (unpaired) electrons. The number of nitrogens with two attached hydrogens (primary N) is 1. The van der Waals surface area contributed by atoms with Gasteiger partial charge in [-0.2, -0.15) is 44.6 Å². The normalized spacial score (nSPS) is 18.7. The van der Waals surface area contributed by atoms with Gasteiger partial charge in [-0.25, -0.2) is 14.3 Å². The van der Waals surface area contributed by atoms with Crippen molar-refractivity contribution in [3.05, 3.63) is 274 Å². The molecule has 6 unspecified atom stereocenters. The zero-order valence-electron chi connectivity index (χ0n) is 55.3. The zero-order valence-corrected chi connectivity index (χ0v) is 55.3. The summed E-state index contributed by atoms with van der Waals surface area (Å²) < 4.78 is 118. The van der Waals surface area contributed by atoms with Crippen molar-refractivity contribution < 1.29 is 54.2 Å². The average Bonchev–Trinajstić information content (AvgIpc) is 1.64. The van der Waals surface area contributed by atoms with Crippen molar-refractivity contribution in [2.24, 2.45) is 23.5 Å². The number of hydrogen-bond donors (Lipinski definition) is 6. The van der Waals surface area contributed by atoms with Gasteiger partial charge in [0, 0.05) is 88.8 Å². The van der Waals surface area contributed by atoms with Crippen LogP contribution in [0.5, 0.6) is 0 Å². The number of likely N-dealkylation sites (tertiary alicyclic amines) is 3. The summed E-state index contributed by atoms with van der Waals surface area (Å²) in [5, 5.41) is 31.6. The Bertz CT molecular complexity index is 4690. The summed E-state index contributed by atoms with van der Waals surface area (Å²) >= 11 is 0. The molecule has 30 heteroatoms. The molecule has 3 aliphatic rings. The fourth-order valence-electron chi connectivity index (χ4n) is 12.8. The molecule has 0 spiro atoms. The molecule has 102 heavy (non-hydrogen) atoms. The van der Waals surface area contributed by atoms with Crippen molar-refractivity contribution in [2.45, 2.75) is 89.8 Å². The number of nitrogens with zero attached hydrogens (tertiary/aromatic N) is 10. The van der Waals surface area contributed by atoms with Crippen LogP contribution in [0.4, 0.5) is 39.5 Å². The lowest BCUT2D eigenvalue weighted by molar-refractivity contribution is -0.138. The molecule has 6 aromatic carbocycles. The lowest BCUT2D eigenvalue weighted by atomic mass is 9.97. The first kappa shape index (κ1) is 74.1. The Hall–Kier alpha value is -10.6. The molecule has 3 fully saturated rings. The molecular weight excluding hydrogens is 1340 g/mol. The summed E-state index contributed by atoms with van der Waals surface area (Å²) in [7, 11) is 0. The second-order valence-corrected chi connectivity index (χ2v) is 25.3. The van der Waals surface area contributed by atoms with E-state index in [2.05, 4.69) is 135 Å². The van der Waals surface area contributed by atoms with Crippen LogP contribution in [0.3, 0.4) is 0 Å². The van der Waals surface area contributed by atoms with E-state index >= 15 is 0 Å². The number of alkyl halides is 9. The third-order valence-corrected chi connectivity index (χ3v) is 17.9. The molecule has 534 valence electrons. The van der Waals surface area contributed by atoms with Gasteiger partial charge < -0.3 is 31.1 Å². The summed E-state index contributed by atoms with van der Waals surface area (Å²) in [5.41, 5.74) is 3.97. The molecule has 3 aliphatic heterocycles. The molecule has 10 aromatic rings. The number of benzene rings is 6. The highest BCUT2D eigenvalue weighted by Crippen LogP contribution is 2.39. The molecule has 6 atom stereocenters. The van der Waals surface area contributed by atoms with E-state index in [9.17, 15) is 63.5 Å². The van der Waals surface area contributed by atoms with E-state index in [4.69, 9.17) is 10.8 Å². The maximum absolute atomic E-state index is 13.6. The zero-order chi connectivity index (χ0) is 73.0. The number of carboxylic acids is 1. The first-order valence-electron chi connectivity index (χ1n) is 32.5. The van der Waals surface area contributed by atoms with Gasteiger partial charge >= 0.3 is 24.5 Å². The second-order valence-electron chi connectivity index (χ2n) is 25.3. The van der Waals surface area contributed by atoms with Gasteiger partial charge in [0.05, 0.1) is 40.6 Å². The molecule has 0 aliphatic carbocycles. The highest BCUT2D eigenvalue weighted by atomic mass is 19.4. The highest BCUT2D eigenvalue weighted by molar-refractivity contribution is 5.95. The molecule has 7 N–H and O–H groups in total. The summed E-state index contributed by atoms with van der Waals surface area (Å²) in [6, 6.07) is 44.3. The van der Waals surface area contributed by atoms with Gasteiger partial charge in [0.2, 0.25) is 0 Å². The summed E-state index contributed by atoms with van der Waals surface area (Å²) in [4.78, 5) is 79.4. The SMILES string of the molecule is CC1CN(Cc2ccccc2)CC1c1nn2c(-c3ccccc3C(F)(F)F)ncc2c(=O)[nH]1.CC1CN(Cc2ccccc2)CC1c1nnc(CN)c(=O)[nH]1.CC1CN(Cc2ccccc2)CC1c1nnc(CNC(=O)c2ccccc2C(F)(F)F)c(=O)[nH]1.O=C(O)c1ccccc1C(F)(F)F. The highest BCUT2D eigenvalue weighted by Gasteiger charge is 2.39. The first-order chi connectivity index (χ1) is 48.6. The van der Waals surface area contributed by atoms with Crippen LogP contribution in [0.15, 0.2) is 184 Å². The maximum Gasteiger partial charge on any atom is 0.417 e. The number of imidazole rings is 1. The summed E-state index contributed by atoms with van der Waals surface area (Å²) in [6.07, 6.45) is -12.6. The van der Waals surface area contributed by atoms with Crippen LogP contribution in [0, 0.1) is 17.8 Å². The van der Waals surface area contributed by atoms with Crippen molar-refractivity contribution in [3.8, 4) is 11.4 Å². The molecule has 21 nitrogen and oxygen atoms in total. The van der Waals surface area contributed by atoms with E-state index in [1.807, 2.05) is 42.5 Å². The number of amides is 1. The van der Waals surface area contributed by atoms with Crippen LogP contribution in [-0.2, 0) is 51.3 Å². The molecule has 0 bridgehead atoms. The van der Waals surface area contributed by atoms with Gasteiger partial charge in [-0.1, -0.05) is 154 Å². The molecule has 3 saturated heterocycles. The Balaban J connectivity index is 0.000000154. The quantitative estimate of drug-likeness (QED) is 0.0520. The van der Waals surface area contributed by atoms with Crippen molar-refractivity contribution in [3.63, 3.8) is 0 Å². The van der Waals surface area contributed by atoms with Crippen molar-refractivity contribution in [1.29, 1.82) is 0 Å². The van der Waals surface area contributed by atoms with Crippen molar-refractivity contribution >= 4 is 17.4 Å². The first-order valence-corrected chi connectivity index (χ1v) is 32.5. The Morgan fingerprint density at radius 1 is 0.490 bits per heavy atom. The minimum Gasteiger partial charge on any atom is -0.478 e. The number of H-pyrrole nitrogens is 3. The third-order valence-electron chi connectivity index (χ3n) is 17.9. The molecule has 1 amide bonds. The van der Waals surface area contributed by atoms with E-state index in [0.29, 0.717) is 36.5 Å². The van der Waals surface area contributed by atoms with Gasteiger partial charge in [0.15, 0.2) is 11.3 Å². The average molecular weight is 1410 g/mol. The monoisotopic (exact) mass is 1410 g/mol. The van der Waals surface area contributed by atoms with Gasteiger partial charge in [-0.05, 0) is 64.8 Å². The molecule has 0 saturated carbocycles.